The summed E-state index contributed by atoms with van der Waals surface area (Å²) in [5, 5.41) is 0. The van der Waals surface area contributed by atoms with Crippen molar-refractivity contribution in [2.24, 2.45) is 0 Å². The van der Waals surface area contributed by atoms with Gasteiger partial charge in [-0.05, 0) is 25.3 Å². The molecule has 0 fully saturated rings. The summed E-state index contributed by atoms with van der Waals surface area (Å²) < 4.78 is 5.42. The smallest absolute Gasteiger partial charge is 0.217 e. The molecule has 3 heteroatoms. The molecular weight excluding hydrogens is 313 g/mol. The zero-order valence-corrected chi connectivity index (χ0v) is 13.0. The predicted molar refractivity (Wildman–Crippen MR) is 76.5 cm³/mol. The first-order valence-corrected chi connectivity index (χ1v) is 6.49. The number of rotatable bonds is 2. The van der Waals surface area contributed by atoms with Crippen molar-refractivity contribution in [1.82, 2.24) is 4.98 Å². The fraction of sp³-hybridized carbons (Fsp3) is 0.615. The van der Waals surface area contributed by atoms with E-state index in [1.165, 1.54) is 0 Å². The quantitative estimate of drug-likeness (QED) is 0.602. The molecule has 2 nitrogen and oxygen atoms in total. The van der Waals surface area contributed by atoms with Crippen LogP contribution in [0.2, 0.25) is 0 Å². The molecule has 1 heterocycles. The molecule has 0 aliphatic rings. The maximum Gasteiger partial charge on any atom is 0.217 e. The lowest BCUT2D eigenvalue weighted by Crippen LogP contribution is -2.16. The van der Waals surface area contributed by atoms with Crippen molar-refractivity contribution < 1.29 is 4.74 Å². The van der Waals surface area contributed by atoms with Crippen molar-refractivity contribution in [2.45, 2.75) is 43.5 Å². The second-order valence-corrected chi connectivity index (χ2v) is 8.17. The number of nitrogens with zero attached hydrogens (tertiary/aromatic N) is 1. The molecule has 0 saturated carbocycles. The molecule has 90 valence electrons. The zero-order chi connectivity index (χ0) is 12.6. The van der Waals surface area contributed by atoms with Gasteiger partial charge in [0.2, 0.25) is 5.88 Å². The van der Waals surface area contributed by atoms with Gasteiger partial charge in [0, 0.05) is 5.56 Å². The van der Waals surface area contributed by atoms with Crippen LogP contribution in [0, 0.1) is 0 Å². The van der Waals surface area contributed by atoms with Gasteiger partial charge in [0.1, 0.15) is 0 Å². The van der Waals surface area contributed by atoms with Crippen LogP contribution in [0.15, 0.2) is 12.1 Å². The molecule has 0 amide bonds. The summed E-state index contributed by atoms with van der Waals surface area (Å²) in [7, 11) is 1.68. The summed E-state index contributed by atoms with van der Waals surface area (Å²) in [6.07, 6.45) is 0. The molecule has 0 spiro atoms. The van der Waals surface area contributed by atoms with E-state index in [-0.39, 0.29) is 8.84 Å². The normalized spacial score (nSPS) is 12.7. The maximum atomic E-state index is 5.39. The Balaban J connectivity index is 3.28. The van der Waals surface area contributed by atoms with Crippen LogP contribution in [0.4, 0.5) is 0 Å². The van der Waals surface area contributed by atoms with Crippen molar-refractivity contribution in [3.63, 3.8) is 0 Å². The van der Waals surface area contributed by atoms with E-state index in [4.69, 9.17) is 4.74 Å². The standard InChI is InChI=1S/C13H20INO/c1-12(2,3)9-7-8-10(13(4,5)14)15-11(9)16-6/h7-8H,1-6H3. The van der Waals surface area contributed by atoms with Gasteiger partial charge >= 0.3 is 0 Å². The second-order valence-electron chi connectivity index (χ2n) is 5.48. The average Bonchev–Trinajstić information content (AvgIpc) is 2.14. The molecular formula is C13H20INO. The van der Waals surface area contributed by atoms with Gasteiger partial charge in [-0.2, -0.15) is 0 Å². The first-order chi connectivity index (χ1) is 7.16. The molecule has 0 aliphatic carbocycles. The van der Waals surface area contributed by atoms with E-state index >= 15 is 0 Å². The topological polar surface area (TPSA) is 22.1 Å². The van der Waals surface area contributed by atoms with Crippen molar-refractivity contribution in [3.05, 3.63) is 23.4 Å². The van der Waals surface area contributed by atoms with Crippen LogP contribution in [0.3, 0.4) is 0 Å². The molecule has 0 saturated heterocycles. The molecule has 0 radical (unpaired) electrons. The third-order valence-electron chi connectivity index (χ3n) is 2.47. The Labute approximate surface area is 112 Å². The number of hydrogen-bond donors (Lipinski definition) is 0. The molecule has 1 aromatic heterocycles. The van der Waals surface area contributed by atoms with E-state index < -0.39 is 0 Å². The van der Waals surface area contributed by atoms with Gasteiger partial charge < -0.3 is 4.74 Å². The molecule has 0 unspecified atom stereocenters. The molecule has 0 bridgehead atoms. The molecule has 0 N–H and O–H groups in total. The number of hydrogen-bond acceptors (Lipinski definition) is 2. The summed E-state index contributed by atoms with van der Waals surface area (Å²) in [6, 6.07) is 4.22. The van der Waals surface area contributed by atoms with Gasteiger partial charge in [-0.25, -0.2) is 4.98 Å². The summed E-state index contributed by atoms with van der Waals surface area (Å²) in [5.74, 6) is 0.745. The second kappa shape index (κ2) is 4.51. The van der Waals surface area contributed by atoms with E-state index in [1.54, 1.807) is 7.11 Å². The summed E-state index contributed by atoms with van der Waals surface area (Å²) >= 11 is 2.39. The Morgan fingerprint density at radius 1 is 1.12 bits per heavy atom. The number of halogens is 1. The number of aromatic nitrogens is 1. The van der Waals surface area contributed by atoms with Crippen LogP contribution in [-0.2, 0) is 8.84 Å². The lowest BCUT2D eigenvalue weighted by atomic mass is 9.87. The van der Waals surface area contributed by atoms with Gasteiger partial charge in [0.05, 0.1) is 16.2 Å². The first-order valence-electron chi connectivity index (χ1n) is 5.41. The fourth-order valence-electron chi connectivity index (χ4n) is 1.50. The zero-order valence-electron chi connectivity index (χ0n) is 10.9. The summed E-state index contributed by atoms with van der Waals surface area (Å²) in [5.41, 5.74) is 2.27. The number of pyridine rings is 1. The van der Waals surface area contributed by atoms with Crippen molar-refractivity contribution in [1.29, 1.82) is 0 Å². The molecule has 1 aromatic rings. The largest absolute Gasteiger partial charge is 0.481 e. The predicted octanol–water partition coefficient (Wildman–Crippen LogP) is 4.06. The van der Waals surface area contributed by atoms with E-state index in [0.717, 1.165) is 17.1 Å². The van der Waals surface area contributed by atoms with Crippen LogP contribution in [0.1, 0.15) is 45.9 Å². The third-order valence-corrected chi connectivity index (χ3v) is 3.02. The minimum absolute atomic E-state index is 0.0292. The third kappa shape index (κ3) is 3.09. The molecule has 1 rings (SSSR count). The average molecular weight is 333 g/mol. The van der Waals surface area contributed by atoms with Crippen LogP contribution in [0.25, 0.3) is 0 Å². The Hall–Kier alpha value is -0.320. The minimum Gasteiger partial charge on any atom is -0.481 e. The summed E-state index contributed by atoms with van der Waals surface area (Å²) in [4.78, 5) is 4.60. The number of ether oxygens (including phenoxy) is 1. The van der Waals surface area contributed by atoms with Gasteiger partial charge in [0.25, 0.3) is 0 Å². The molecule has 0 aromatic carbocycles. The van der Waals surface area contributed by atoms with Gasteiger partial charge in [-0.3, -0.25) is 0 Å². The van der Waals surface area contributed by atoms with Crippen LogP contribution >= 0.6 is 22.6 Å². The Bertz CT molecular complexity index is 374. The Morgan fingerprint density at radius 2 is 1.69 bits per heavy atom. The highest BCUT2D eigenvalue weighted by Gasteiger charge is 2.24. The minimum atomic E-state index is 0.0292. The van der Waals surface area contributed by atoms with E-state index in [9.17, 15) is 0 Å². The number of alkyl halides is 1. The van der Waals surface area contributed by atoms with Crippen LogP contribution < -0.4 is 4.74 Å². The highest BCUT2D eigenvalue weighted by molar-refractivity contribution is 14.1. The van der Waals surface area contributed by atoms with E-state index in [1.807, 2.05) is 0 Å². The van der Waals surface area contributed by atoms with Crippen molar-refractivity contribution in [3.8, 4) is 5.88 Å². The molecule has 0 atom stereocenters. The Kier molecular flexibility index (Phi) is 3.87. The first kappa shape index (κ1) is 13.7. The monoisotopic (exact) mass is 333 g/mol. The lowest BCUT2D eigenvalue weighted by molar-refractivity contribution is 0.378. The summed E-state index contributed by atoms with van der Waals surface area (Å²) in [6.45, 7) is 10.8. The van der Waals surface area contributed by atoms with Crippen LogP contribution in [-0.4, -0.2) is 12.1 Å². The van der Waals surface area contributed by atoms with Crippen molar-refractivity contribution >= 4 is 22.6 Å². The SMILES string of the molecule is COc1nc(C(C)(C)I)ccc1C(C)(C)C. The van der Waals surface area contributed by atoms with Crippen molar-refractivity contribution in [2.75, 3.05) is 7.11 Å². The number of methoxy groups -OCH3 is 1. The fourth-order valence-corrected chi connectivity index (χ4v) is 1.80. The Morgan fingerprint density at radius 3 is 2.06 bits per heavy atom. The van der Waals surface area contributed by atoms with Gasteiger partial charge in [-0.1, -0.05) is 49.4 Å². The van der Waals surface area contributed by atoms with Gasteiger partial charge in [-0.15, -0.1) is 0 Å². The van der Waals surface area contributed by atoms with Crippen LogP contribution in [0.5, 0.6) is 5.88 Å². The van der Waals surface area contributed by atoms with Gasteiger partial charge in [0.15, 0.2) is 0 Å². The lowest BCUT2D eigenvalue weighted by Gasteiger charge is -2.23. The molecule has 0 aliphatic heterocycles. The van der Waals surface area contributed by atoms with E-state index in [0.29, 0.717) is 0 Å². The highest BCUT2D eigenvalue weighted by Crippen LogP contribution is 2.35. The molecule has 16 heavy (non-hydrogen) atoms. The maximum absolute atomic E-state index is 5.39. The highest BCUT2D eigenvalue weighted by atomic mass is 127. The van der Waals surface area contributed by atoms with E-state index in [2.05, 4.69) is 74.3 Å².